The summed E-state index contributed by atoms with van der Waals surface area (Å²) in [5.41, 5.74) is 4.14. The Morgan fingerprint density at radius 3 is 2.61 bits per heavy atom. The molecule has 1 aromatic heterocycles. The van der Waals surface area contributed by atoms with Crippen LogP contribution in [0.15, 0.2) is 52.9 Å². The van der Waals surface area contributed by atoms with Crippen molar-refractivity contribution in [3.05, 3.63) is 54.1 Å². The molecule has 0 aliphatic heterocycles. The second kappa shape index (κ2) is 4.65. The molecule has 0 atom stereocenters. The number of para-hydroxylation sites is 1. The molecule has 0 fully saturated rings. The molecule has 90 valence electrons. The quantitative estimate of drug-likeness (QED) is 0.672. The van der Waals surface area contributed by atoms with E-state index in [4.69, 9.17) is 4.42 Å². The molecule has 0 radical (unpaired) electrons. The van der Waals surface area contributed by atoms with Gasteiger partial charge in [-0.2, -0.15) is 0 Å². The normalized spacial score (nSPS) is 10.9. The molecule has 0 saturated carbocycles. The Morgan fingerprint density at radius 2 is 1.83 bits per heavy atom. The van der Waals surface area contributed by atoms with Crippen molar-refractivity contribution in [1.82, 2.24) is 4.98 Å². The van der Waals surface area contributed by atoms with Gasteiger partial charge in [0, 0.05) is 5.56 Å². The first kappa shape index (κ1) is 11.0. The Bertz CT molecular complexity index is 655. The van der Waals surface area contributed by atoms with Crippen LogP contribution in [-0.2, 0) is 6.42 Å². The van der Waals surface area contributed by atoms with Gasteiger partial charge in [-0.1, -0.05) is 43.7 Å². The standard InChI is InChI=1S/C16H15NO/c1-2-7-12-10-6-11-14-15(12)18-16(17-14)13-8-4-3-5-9-13/h3-6,8-11H,2,7H2,1H3. The van der Waals surface area contributed by atoms with E-state index in [2.05, 4.69) is 18.0 Å². The second-order valence-electron chi connectivity index (χ2n) is 4.40. The predicted molar refractivity (Wildman–Crippen MR) is 73.4 cm³/mol. The van der Waals surface area contributed by atoms with Crippen LogP contribution in [0.5, 0.6) is 0 Å². The van der Waals surface area contributed by atoms with Gasteiger partial charge in [0.2, 0.25) is 5.89 Å². The van der Waals surface area contributed by atoms with Gasteiger partial charge in [0.05, 0.1) is 0 Å². The van der Waals surface area contributed by atoms with Crippen molar-refractivity contribution in [3.8, 4) is 11.5 Å². The molecule has 0 bridgehead atoms. The molecule has 0 aliphatic carbocycles. The highest BCUT2D eigenvalue weighted by molar-refractivity contribution is 5.79. The van der Waals surface area contributed by atoms with E-state index in [9.17, 15) is 0 Å². The van der Waals surface area contributed by atoms with E-state index >= 15 is 0 Å². The summed E-state index contributed by atoms with van der Waals surface area (Å²) in [4.78, 5) is 4.56. The molecular formula is C16H15NO. The molecule has 0 amide bonds. The number of hydrogen-bond acceptors (Lipinski definition) is 2. The maximum absolute atomic E-state index is 5.93. The summed E-state index contributed by atoms with van der Waals surface area (Å²) >= 11 is 0. The minimum Gasteiger partial charge on any atom is -0.436 e. The zero-order valence-corrected chi connectivity index (χ0v) is 10.4. The van der Waals surface area contributed by atoms with Crippen molar-refractivity contribution in [2.45, 2.75) is 19.8 Å². The van der Waals surface area contributed by atoms with Crippen LogP contribution < -0.4 is 0 Å². The molecule has 0 saturated heterocycles. The summed E-state index contributed by atoms with van der Waals surface area (Å²) in [7, 11) is 0. The van der Waals surface area contributed by atoms with E-state index in [1.54, 1.807) is 0 Å². The predicted octanol–water partition coefficient (Wildman–Crippen LogP) is 4.45. The molecule has 3 rings (SSSR count). The van der Waals surface area contributed by atoms with Crippen molar-refractivity contribution in [2.24, 2.45) is 0 Å². The summed E-state index contributed by atoms with van der Waals surface area (Å²) < 4.78 is 5.93. The second-order valence-corrected chi connectivity index (χ2v) is 4.40. The van der Waals surface area contributed by atoms with Gasteiger partial charge < -0.3 is 4.42 Å². The molecule has 1 heterocycles. The van der Waals surface area contributed by atoms with Crippen LogP contribution in [0.4, 0.5) is 0 Å². The highest BCUT2D eigenvalue weighted by Gasteiger charge is 2.10. The lowest BCUT2D eigenvalue weighted by molar-refractivity contribution is 0.614. The van der Waals surface area contributed by atoms with Gasteiger partial charge in [0.1, 0.15) is 5.52 Å². The molecule has 3 aromatic rings. The summed E-state index contributed by atoms with van der Waals surface area (Å²) in [5, 5.41) is 0. The van der Waals surface area contributed by atoms with Crippen LogP contribution in [-0.4, -0.2) is 4.98 Å². The molecule has 0 spiro atoms. The van der Waals surface area contributed by atoms with Gasteiger partial charge in [0.25, 0.3) is 0 Å². The summed E-state index contributed by atoms with van der Waals surface area (Å²) in [6.07, 6.45) is 2.14. The van der Waals surface area contributed by atoms with Gasteiger partial charge >= 0.3 is 0 Å². The highest BCUT2D eigenvalue weighted by Crippen LogP contribution is 2.26. The maximum Gasteiger partial charge on any atom is 0.227 e. The zero-order valence-electron chi connectivity index (χ0n) is 10.4. The van der Waals surface area contributed by atoms with Gasteiger partial charge in [-0.05, 0) is 30.2 Å². The van der Waals surface area contributed by atoms with Crippen LogP contribution in [0.3, 0.4) is 0 Å². The number of hydrogen-bond donors (Lipinski definition) is 0. The Morgan fingerprint density at radius 1 is 1.00 bits per heavy atom. The molecule has 0 unspecified atom stereocenters. The third-order valence-electron chi connectivity index (χ3n) is 3.04. The lowest BCUT2D eigenvalue weighted by atomic mass is 10.1. The fourth-order valence-corrected chi connectivity index (χ4v) is 2.18. The van der Waals surface area contributed by atoms with E-state index in [0.717, 1.165) is 29.5 Å². The minimum absolute atomic E-state index is 0.703. The fourth-order valence-electron chi connectivity index (χ4n) is 2.18. The first-order chi connectivity index (χ1) is 8.88. The van der Waals surface area contributed by atoms with Crippen molar-refractivity contribution < 1.29 is 4.42 Å². The van der Waals surface area contributed by atoms with E-state index in [1.165, 1.54) is 5.56 Å². The Labute approximate surface area is 106 Å². The number of fused-ring (bicyclic) bond motifs is 1. The molecule has 0 N–H and O–H groups in total. The number of oxazole rings is 1. The van der Waals surface area contributed by atoms with E-state index in [-0.39, 0.29) is 0 Å². The smallest absolute Gasteiger partial charge is 0.227 e. The number of benzene rings is 2. The van der Waals surface area contributed by atoms with Gasteiger partial charge in [-0.3, -0.25) is 0 Å². The van der Waals surface area contributed by atoms with Gasteiger partial charge in [-0.25, -0.2) is 4.98 Å². The monoisotopic (exact) mass is 237 g/mol. The molecular weight excluding hydrogens is 222 g/mol. The lowest BCUT2D eigenvalue weighted by Gasteiger charge is -1.97. The lowest BCUT2D eigenvalue weighted by Crippen LogP contribution is -1.82. The Balaban J connectivity index is 2.14. The Kier molecular flexibility index (Phi) is 2.85. The summed E-state index contributed by atoms with van der Waals surface area (Å²) in [6.45, 7) is 2.17. The van der Waals surface area contributed by atoms with Crippen LogP contribution in [0.1, 0.15) is 18.9 Å². The molecule has 2 aromatic carbocycles. The van der Waals surface area contributed by atoms with Crippen LogP contribution in [0.2, 0.25) is 0 Å². The minimum atomic E-state index is 0.703. The topological polar surface area (TPSA) is 26.0 Å². The molecule has 2 heteroatoms. The summed E-state index contributed by atoms with van der Waals surface area (Å²) in [6, 6.07) is 16.2. The van der Waals surface area contributed by atoms with Crippen molar-refractivity contribution in [2.75, 3.05) is 0 Å². The maximum atomic E-state index is 5.93. The highest BCUT2D eigenvalue weighted by atomic mass is 16.3. The third-order valence-corrected chi connectivity index (χ3v) is 3.04. The van der Waals surface area contributed by atoms with Gasteiger partial charge in [-0.15, -0.1) is 0 Å². The Hall–Kier alpha value is -2.09. The largest absolute Gasteiger partial charge is 0.436 e. The molecule has 0 aliphatic rings. The summed E-state index contributed by atoms with van der Waals surface area (Å²) in [5.74, 6) is 0.703. The van der Waals surface area contributed by atoms with Crippen LogP contribution >= 0.6 is 0 Å². The average Bonchev–Trinajstić information content (AvgIpc) is 2.85. The molecule has 18 heavy (non-hydrogen) atoms. The van der Waals surface area contributed by atoms with Crippen molar-refractivity contribution >= 4 is 11.1 Å². The van der Waals surface area contributed by atoms with Crippen LogP contribution in [0.25, 0.3) is 22.6 Å². The van der Waals surface area contributed by atoms with Gasteiger partial charge in [0.15, 0.2) is 5.58 Å². The fraction of sp³-hybridized carbons (Fsp3) is 0.188. The SMILES string of the molecule is CCCc1cccc2nc(-c3ccccc3)oc12. The number of nitrogens with zero attached hydrogens (tertiary/aromatic N) is 1. The number of rotatable bonds is 3. The number of aromatic nitrogens is 1. The number of aryl methyl sites for hydroxylation is 1. The van der Waals surface area contributed by atoms with Crippen molar-refractivity contribution in [1.29, 1.82) is 0 Å². The average molecular weight is 237 g/mol. The van der Waals surface area contributed by atoms with Crippen molar-refractivity contribution in [3.63, 3.8) is 0 Å². The van der Waals surface area contributed by atoms with E-state index in [0.29, 0.717) is 5.89 Å². The van der Waals surface area contributed by atoms with E-state index in [1.807, 2.05) is 42.5 Å². The van der Waals surface area contributed by atoms with E-state index < -0.39 is 0 Å². The first-order valence-corrected chi connectivity index (χ1v) is 6.32. The first-order valence-electron chi connectivity index (χ1n) is 6.32. The molecule has 2 nitrogen and oxygen atoms in total. The third kappa shape index (κ3) is 1.90. The van der Waals surface area contributed by atoms with Crippen LogP contribution in [0, 0.1) is 0 Å². The zero-order chi connectivity index (χ0) is 12.4.